The van der Waals surface area contributed by atoms with E-state index >= 15 is 0 Å². The van der Waals surface area contributed by atoms with Crippen molar-refractivity contribution in [2.75, 3.05) is 32.6 Å². The minimum atomic E-state index is -0.246. The summed E-state index contributed by atoms with van der Waals surface area (Å²) in [6, 6.07) is 7.28. The highest BCUT2D eigenvalue weighted by Gasteiger charge is 2.18. The molecule has 1 fully saturated rings. The summed E-state index contributed by atoms with van der Waals surface area (Å²) in [6.07, 6.45) is 4.06. The van der Waals surface area contributed by atoms with Gasteiger partial charge >= 0.3 is 0 Å². The quantitative estimate of drug-likeness (QED) is 0.878. The molecule has 0 bridgehead atoms. The van der Waals surface area contributed by atoms with Crippen LogP contribution >= 0.6 is 0 Å². The van der Waals surface area contributed by atoms with Crippen molar-refractivity contribution >= 4 is 11.6 Å². The van der Waals surface area contributed by atoms with E-state index < -0.39 is 0 Å². The summed E-state index contributed by atoms with van der Waals surface area (Å²) in [5.74, 6) is 0.934. The number of rotatable bonds is 5. The number of hydrogen-bond acceptors (Lipinski definition) is 5. The maximum absolute atomic E-state index is 12.4. The van der Waals surface area contributed by atoms with Crippen LogP contribution in [0.2, 0.25) is 0 Å². The predicted octanol–water partition coefficient (Wildman–Crippen LogP) is 2.08. The summed E-state index contributed by atoms with van der Waals surface area (Å²) in [6.45, 7) is 1.93. The van der Waals surface area contributed by atoms with Crippen LogP contribution in [0, 0.1) is 0 Å². The van der Waals surface area contributed by atoms with Gasteiger partial charge in [0.2, 0.25) is 0 Å². The highest BCUT2D eigenvalue weighted by atomic mass is 16.5. The smallest absolute Gasteiger partial charge is 0.276 e. The van der Waals surface area contributed by atoms with Gasteiger partial charge in [-0.25, -0.2) is 0 Å². The molecule has 2 heterocycles. The minimum absolute atomic E-state index is 0.246. The number of hydrogen-bond donors (Lipinski definition) is 2. The Balaban J connectivity index is 1.70. The number of benzene rings is 1. The molecule has 1 unspecified atom stereocenters. The molecular weight excluding hydrogens is 308 g/mol. The highest BCUT2D eigenvalue weighted by molar-refractivity contribution is 6.02. The van der Waals surface area contributed by atoms with Crippen LogP contribution in [0.15, 0.2) is 30.5 Å². The van der Waals surface area contributed by atoms with E-state index in [-0.39, 0.29) is 5.91 Å². The van der Waals surface area contributed by atoms with E-state index in [1.807, 2.05) is 10.9 Å². The van der Waals surface area contributed by atoms with Gasteiger partial charge in [0.1, 0.15) is 0 Å². The van der Waals surface area contributed by atoms with Gasteiger partial charge in [-0.2, -0.15) is 5.10 Å². The van der Waals surface area contributed by atoms with Crippen molar-refractivity contribution < 1.29 is 14.3 Å². The molecule has 1 aliphatic rings. The average molecular weight is 330 g/mol. The third-order valence-corrected chi connectivity index (χ3v) is 4.13. The first kappa shape index (κ1) is 16.3. The third-order valence-electron chi connectivity index (χ3n) is 4.13. The number of nitrogens with zero attached hydrogens (tertiary/aromatic N) is 2. The molecule has 7 nitrogen and oxygen atoms in total. The van der Waals surface area contributed by atoms with E-state index in [1.165, 1.54) is 0 Å². The summed E-state index contributed by atoms with van der Waals surface area (Å²) in [4.78, 5) is 12.4. The summed E-state index contributed by atoms with van der Waals surface area (Å²) < 4.78 is 12.3. The van der Waals surface area contributed by atoms with Crippen LogP contribution in [0.1, 0.15) is 29.4 Å². The van der Waals surface area contributed by atoms with Crippen LogP contribution in [0.3, 0.4) is 0 Å². The normalized spacial score (nSPS) is 17.3. The van der Waals surface area contributed by atoms with Crippen molar-refractivity contribution in [1.29, 1.82) is 0 Å². The number of carbonyl (C=O) groups is 1. The second-order valence-electron chi connectivity index (χ2n) is 5.71. The van der Waals surface area contributed by atoms with Gasteiger partial charge in [-0.3, -0.25) is 9.48 Å². The van der Waals surface area contributed by atoms with Crippen LogP contribution in [0.4, 0.5) is 5.69 Å². The number of anilines is 1. The first-order chi connectivity index (χ1) is 11.7. The van der Waals surface area contributed by atoms with Gasteiger partial charge in [0.05, 0.1) is 20.3 Å². The Kier molecular flexibility index (Phi) is 5.00. The van der Waals surface area contributed by atoms with Crippen molar-refractivity contribution in [1.82, 2.24) is 15.1 Å². The van der Waals surface area contributed by atoms with Crippen molar-refractivity contribution in [2.24, 2.45) is 0 Å². The van der Waals surface area contributed by atoms with Gasteiger partial charge in [-0.1, -0.05) is 0 Å². The maximum Gasteiger partial charge on any atom is 0.276 e. The molecule has 0 radical (unpaired) electrons. The van der Waals surface area contributed by atoms with E-state index in [9.17, 15) is 4.79 Å². The largest absolute Gasteiger partial charge is 0.493 e. The van der Waals surface area contributed by atoms with Gasteiger partial charge < -0.3 is 20.1 Å². The number of methoxy groups -OCH3 is 2. The highest BCUT2D eigenvalue weighted by Crippen LogP contribution is 2.29. The zero-order chi connectivity index (χ0) is 16.9. The van der Waals surface area contributed by atoms with Gasteiger partial charge in [0.15, 0.2) is 17.2 Å². The molecule has 0 saturated carbocycles. The summed E-state index contributed by atoms with van der Waals surface area (Å²) in [5.41, 5.74) is 1.03. The molecule has 128 valence electrons. The summed E-state index contributed by atoms with van der Waals surface area (Å²) in [5, 5.41) is 10.6. The lowest BCUT2D eigenvalue weighted by atomic mass is 10.1. The molecule has 0 aliphatic carbocycles. The molecule has 1 aliphatic heterocycles. The molecule has 2 N–H and O–H groups in total. The molecule has 7 heteroatoms. The van der Waals surface area contributed by atoms with E-state index in [0.29, 0.717) is 28.9 Å². The van der Waals surface area contributed by atoms with Crippen LogP contribution < -0.4 is 20.1 Å². The van der Waals surface area contributed by atoms with Gasteiger partial charge in [0.25, 0.3) is 5.91 Å². The topological polar surface area (TPSA) is 77.4 Å². The number of ether oxygens (including phenoxy) is 2. The lowest BCUT2D eigenvalue weighted by Crippen LogP contribution is -2.32. The predicted molar refractivity (Wildman–Crippen MR) is 90.9 cm³/mol. The molecular formula is C17H22N4O3. The second-order valence-corrected chi connectivity index (χ2v) is 5.71. The van der Waals surface area contributed by atoms with E-state index in [0.717, 1.165) is 25.9 Å². The zero-order valence-electron chi connectivity index (χ0n) is 13.9. The van der Waals surface area contributed by atoms with E-state index in [2.05, 4.69) is 15.7 Å². The SMILES string of the molecule is COc1ccc(NC(=O)c2ccn(C3CCCNC3)n2)cc1OC. The van der Waals surface area contributed by atoms with Crippen molar-refractivity contribution in [3.05, 3.63) is 36.2 Å². The monoisotopic (exact) mass is 330 g/mol. The van der Waals surface area contributed by atoms with Gasteiger partial charge in [0, 0.05) is 24.5 Å². The molecule has 3 rings (SSSR count). The standard InChI is InChI=1S/C17H22N4O3/c1-23-15-6-5-12(10-16(15)24-2)19-17(22)14-7-9-21(20-14)13-4-3-8-18-11-13/h5-7,9-10,13,18H,3-4,8,11H2,1-2H3,(H,19,22). The summed E-state index contributed by atoms with van der Waals surface area (Å²) in [7, 11) is 3.13. The Hall–Kier alpha value is -2.54. The van der Waals surface area contributed by atoms with Crippen molar-refractivity contribution in [3.8, 4) is 11.5 Å². The second kappa shape index (κ2) is 7.35. The molecule has 24 heavy (non-hydrogen) atoms. The average Bonchev–Trinajstić information content (AvgIpc) is 3.12. The van der Waals surface area contributed by atoms with Crippen molar-refractivity contribution in [3.63, 3.8) is 0 Å². The van der Waals surface area contributed by atoms with Crippen LogP contribution in [0.25, 0.3) is 0 Å². The fraction of sp³-hybridized carbons (Fsp3) is 0.412. The van der Waals surface area contributed by atoms with Crippen molar-refractivity contribution in [2.45, 2.75) is 18.9 Å². The fourth-order valence-electron chi connectivity index (χ4n) is 2.83. The zero-order valence-corrected chi connectivity index (χ0v) is 13.9. The van der Waals surface area contributed by atoms with Crippen LogP contribution in [0.5, 0.6) is 11.5 Å². The molecule has 1 amide bonds. The molecule has 1 saturated heterocycles. The Morgan fingerprint density at radius 2 is 2.12 bits per heavy atom. The molecule has 2 aromatic rings. The van der Waals surface area contributed by atoms with Gasteiger partial charge in [-0.15, -0.1) is 0 Å². The summed E-state index contributed by atoms with van der Waals surface area (Å²) >= 11 is 0. The van der Waals surface area contributed by atoms with Crippen LogP contribution in [-0.2, 0) is 0 Å². The number of piperidine rings is 1. The first-order valence-corrected chi connectivity index (χ1v) is 8.00. The third kappa shape index (κ3) is 3.51. The molecule has 1 aromatic carbocycles. The number of aromatic nitrogens is 2. The first-order valence-electron chi connectivity index (χ1n) is 8.00. The van der Waals surface area contributed by atoms with E-state index in [1.54, 1.807) is 38.5 Å². The molecule has 1 aromatic heterocycles. The number of amides is 1. The fourth-order valence-corrected chi connectivity index (χ4v) is 2.83. The Morgan fingerprint density at radius 3 is 2.83 bits per heavy atom. The minimum Gasteiger partial charge on any atom is -0.493 e. The molecule has 0 spiro atoms. The number of carbonyl (C=O) groups excluding carboxylic acids is 1. The van der Waals surface area contributed by atoms with Crippen LogP contribution in [-0.4, -0.2) is 43.0 Å². The number of nitrogens with one attached hydrogen (secondary N) is 2. The van der Waals surface area contributed by atoms with E-state index in [4.69, 9.17) is 9.47 Å². The maximum atomic E-state index is 12.4. The Bertz CT molecular complexity index is 708. The van der Waals surface area contributed by atoms with Gasteiger partial charge in [-0.05, 0) is 37.6 Å². The Labute approximate surface area is 140 Å². The lowest BCUT2D eigenvalue weighted by molar-refractivity contribution is 0.102. The Morgan fingerprint density at radius 1 is 1.29 bits per heavy atom. The molecule has 1 atom stereocenters. The lowest BCUT2D eigenvalue weighted by Gasteiger charge is -2.22.